The molecule has 1 amide bonds. The molecule has 1 aliphatic rings. The number of aliphatic hydroxyl groups excluding tert-OH is 1. The van der Waals surface area contributed by atoms with Crippen molar-refractivity contribution in [2.24, 2.45) is 0 Å². The van der Waals surface area contributed by atoms with E-state index >= 15 is 0 Å². The molecule has 0 unspecified atom stereocenters. The van der Waals surface area contributed by atoms with Crippen molar-refractivity contribution in [3.05, 3.63) is 0 Å². The quantitative estimate of drug-likeness (QED) is 0.659. The second-order valence-corrected chi connectivity index (χ2v) is 5.00. The molecule has 0 bridgehead atoms. The molecular formula is C12H23NO6. The van der Waals surface area contributed by atoms with E-state index in [4.69, 9.17) is 24.4 Å². The van der Waals surface area contributed by atoms with Crippen LogP contribution >= 0.6 is 0 Å². The van der Waals surface area contributed by atoms with Crippen LogP contribution in [0.1, 0.15) is 20.3 Å². The standard InChI is InChI=1S/C12H23NO6/c1-12(2)18-9(4-6-14)10(19-12)8-17-7-5-13(3)11(15)16/h9-10,14H,4-8H2,1-3H3,(H,15,16)/t9-,10+/m0/s1. The van der Waals surface area contributed by atoms with Crippen molar-refractivity contribution in [2.75, 3.05) is 33.4 Å². The van der Waals surface area contributed by atoms with E-state index in [2.05, 4.69) is 0 Å². The van der Waals surface area contributed by atoms with E-state index in [1.165, 1.54) is 7.05 Å². The molecule has 2 atom stereocenters. The first-order valence-corrected chi connectivity index (χ1v) is 6.34. The van der Waals surface area contributed by atoms with Crippen LogP contribution in [0.4, 0.5) is 4.79 Å². The highest BCUT2D eigenvalue weighted by Gasteiger charge is 2.40. The predicted octanol–water partition coefficient (Wildman–Crippen LogP) is 0.515. The first-order chi connectivity index (χ1) is 8.85. The Bertz CT molecular complexity index is 296. The predicted molar refractivity (Wildman–Crippen MR) is 67.0 cm³/mol. The van der Waals surface area contributed by atoms with Gasteiger partial charge in [-0.05, 0) is 20.3 Å². The Morgan fingerprint density at radius 1 is 1.37 bits per heavy atom. The number of amides is 1. The summed E-state index contributed by atoms with van der Waals surface area (Å²) in [5.41, 5.74) is 0. The van der Waals surface area contributed by atoms with Crippen molar-refractivity contribution in [1.29, 1.82) is 0 Å². The fraction of sp³-hybridized carbons (Fsp3) is 0.917. The van der Waals surface area contributed by atoms with Gasteiger partial charge in [-0.3, -0.25) is 0 Å². The highest BCUT2D eigenvalue weighted by atomic mass is 16.8. The van der Waals surface area contributed by atoms with Gasteiger partial charge in [0.25, 0.3) is 0 Å². The lowest BCUT2D eigenvalue weighted by Gasteiger charge is -2.18. The number of carboxylic acid groups (broad SMARTS) is 1. The summed E-state index contributed by atoms with van der Waals surface area (Å²) in [5, 5.41) is 17.6. The lowest BCUT2D eigenvalue weighted by Crippen LogP contribution is -2.32. The van der Waals surface area contributed by atoms with Gasteiger partial charge in [0, 0.05) is 20.2 Å². The van der Waals surface area contributed by atoms with E-state index in [9.17, 15) is 4.79 Å². The lowest BCUT2D eigenvalue weighted by molar-refractivity contribution is -0.151. The van der Waals surface area contributed by atoms with Crippen molar-refractivity contribution in [3.8, 4) is 0 Å². The lowest BCUT2D eigenvalue weighted by atomic mass is 10.1. The molecule has 0 spiro atoms. The van der Waals surface area contributed by atoms with Gasteiger partial charge in [-0.15, -0.1) is 0 Å². The summed E-state index contributed by atoms with van der Waals surface area (Å²) >= 11 is 0. The second kappa shape index (κ2) is 7.04. The van der Waals surface area contributed by atoms with Gasteiger partial charge in [0.15, 0.2) is 5.79 Å². The molecule has 1 rings (SSSR count). The highest BCUT2D eigenvalue weighted by molar-refractivity contribution is 5.64. The maximum Gasteiger partial charge on any atom is 0.407 e. The van der Waals surface area contributed by atoms with Crippen LogP contribution in [0.3, 0.4) is 0 Å². The van der Waals surface area contributed by atoms with Gasteiger partial charge >= 0.3 is 6.09 Å². The average molecular weight is 277 g/mol. The summed E-state index contributed by atoms with van der Waals surface area (Å²) < 4.78 is 16.7. The highest BCUT2D eigenvalue weighted by Crippen LogP contribution is 2.29. The summed E-state index contributed by atoms with van der Waals surface area (Å²) in [4.78, 5) is 11.7. The molecule has 0 radical (unpaired) electrons. The van der Waals surface area contributed by atoms with Gasteiger partial charge in [0.05, 0.1) is 19.3 Å². The van der Waals surface area contributed by atoms with Crippen molar-refractivity contribution in [1.82, 2.24) is 4.90 Å². The van der Waals surface area contributed by atoms with Crippen molar-refractivity contribution in [3.63, 3.8) is 0 Å². The van der Waals surface area contributed by atoms with E-state index in [-0.39, 0.29) is 18.8 Å². The minimum absolute atomic E-state index is 0.0301. The maximum atomic E-state index is 10.6. The monoisotopic (exact) mass is 277 g/mol. The molecule has 1 fully saturated rings. The number of hydrogen-bond acceptors (Lipinski definition) is 5. The Kier molecular flexibility index (Phi) is 5.99. The number of rotatable bonds is 7. The molecule has 1 saturated heterocycles. The zero-order chi connectivity index (χ0) is 14.5. The van der Waals surface area contributed by atoms with Crippen LogP contribution in [0.5, 0.6) is 0 Å². The Hall–Kier alpha value is -0.890. The first kappa shape index (κ1) is 16.2. The number of carbonyl (C=O) groups is 1. The topological polar surface area (TPSA) is 88.5 Å². The Morgan fingerprint density at radius 2 is 2.00 bits per heavy atom. The van der Waals surface area contributed by atoms with Crippen LogP contribution in [0.15, 0.2) is 0 Å². The number of aliphatic hydroxyl groups is 1. The third-order valence-corrected chi connectivity index (χ3v) is 2.88. The van der Waals surface area contributed by atoms with Crippen LogP contribution in [0, 0.1) is 0 Å². The van der Waals surface area contributed by atoms with E-state index in [0.717, 1.165) is 4.90 Å². The summed E-state index contributed by atoms with van der Waals surface area (Å²) in [7, 11) is 1.48. The minimum Gasteiger partial charge on any atom is -0.465 e. The maximum absolute atomic E-state index is 10.6. The van der Waals surface area contributed by atoms with E-state index < -0.39 is 11.9 Å². The van der Waals surface area contributed by atoms with Crippen molar-refractivity contribution >= 4 is 6.09 Å². The number of nitrogens with zero attached hydrogens (tertiary/aromatic N) is 1. The van der Waals surface area contributed by atoms with Gasteiger partial charge in [0.2, 0.25) is 0 Å². The molecule has 2 N–H and O–H groups in total. The van der Waals surface area contributed by atoms with E-state index in [0.29, 0.717) is 26.2 Å². The normalized spacial score (nSPS) is 25.5. The third-order valence-electron chi connectivity index (χ3n) is 2.88. The molecule has 0 aromatic carbocycles. The summed E-state index contributed by atoms with van der Waals surface area (Å²) in [6.07, 6.45) is -0.926. The second-order valence-electron chi connectivity index (χ2n) is 5.00. The van der Waals surface area contributed by atoms with Gasteiger partial charge in [-0.1, -0.05) is 0 Å². The largest absolute Gasteiger partial charge is 0.465 e. The molecule has 0 saturated carbocycles. The molecule has 0 aromatic rings. The van der Waals surface area contributed by atoms with Crippen LogP contribution in [0.2, 0.25) is 0 Å². The zero-order valence-corrected chi connectivity index (χ0v) is 11.7. The van der Waals surface area contributed by atoms with Gasteiger partial charge in [-0.25, -0.2) is 4.79 Å². The van der Waals surface area contributed by atoms with Gasteiger partial charge < -0.3 is 29.3 Å². The van der Waals surface area contributed by atoms with Crippen LogP contribution < -0.4 is 0 Å². The van der Waals surface area contributed by atoms with Crippen LogP contribution in [0.25, 0.3) is 0 Å². The van der Waals surface area contributed by atoms with Crippen molar-refractivity contribution in [2.45, 2.75) is 38.3 Å². The first-order valence-electron chi connectivity index (χ1n) is 6.34. The molecule has 1 heterocycles. The summed E-state index contributed by atoms with van der Waals surface area (Å²) in [6, 6.07) is 0. The SMILES string of the molecule is CN(CCOC[C@H]1OC(C)(C)O[C@H]1CCO)C(=O)O. The molecule has 7 heteroatoms. The Labute approximate surface area is 113 Å². The Balaban J connectivity index is 2.29. The molecule has 7 nitrogen and oxygen atoms in total. The number of likely N-dealkylation sites (N-methyl/N-ethyl adjacent to an activating group) is 1. The number of hydrogen-bond donors (Lipinski definition) is 2. The zero-order valence-electron chi connectivity index (χ0n) is 11.7. The van der Waals surface area contributed by atoms with Gasteiger partial charge in [0.1, 0.15) is 6.10 Å². The van der Waals surface area contributed by atoms with E-state index in [1.807, 2.05) is 13.8 Å². The summed E-state index contributed by atoms with van der Waals surface area (Å²) in [5.74, 6) is -0.675. The van der Waals surface area contributed by atoms with E-state index in [1.54, 1.807) is 0 Å². The molecule has 1 aliphatic heterocycles. The fourth-order valence-electron chi connectivity index (χ4n) is 1.92. The third kappa shape index (κ3) is 5.32. The number of ether oxygens (including phenoxy) is 3. The van der Waals surface area contributed by atoms with Crippen molar-refractivity contribution < 1.29 is 29.2 Å². The molecule has 0 aromatic heterocycles. The fourth-order valence-corrected chi connectivity index (χ4v) is 1.92. The Morgan fingerprint density at radius 3 is 2.58 bits per heavy atom. The summed E-state index contributed by atoms with van der Waals surface area (Å²) in [6.45, 7) is 4.58. The van der Waals surface area contributed by atoms with Gasteiger partial charge in [-0.2, -0.15) is 0 Å². The molecule has 0 aliphatic carbocycles. The molecule has 19 heavy (non-hydrogen) atoms. The minimum atomic E-state index is -0.983. The van der Waals surface area contributed by atoms with Crippen LogP contribution in [-0.2, 0) is 14.2 Å². The molecule has 112 valence electrons. The smallest absolute Gasteiger partial charge is 0.407 e. The van der Waals surface area contributed by atoms with Crippen LogP contribution in [-0.4, -0.2) is 72.6 Å². The average Bonchev–Trinajstić information content (AvgIpc) is 2.59. The molecular weight excluding hydrogens is 254 g/mol.